The van der Waals surface area contributed by atoms with Crippen molar-refractivity contribution in [2.75, 3.05) is 7.11 Å². The van der Waals surface area contributed by atoms with E-state index in [9.17, 15) is 9.59 Å². The number of alkyl carbamates (subject to hydrolysis) is 1. The van der Waals surface area contributed by atoms with Crippen LogP contribution in [0.1, 0.15) is 48.0 Å². The third-order valence-corrected chi connectivity index (χ3v) is 2.92. The highest BCUT2D eigenvalue weighted by molar-refractivity contribution is 5.81. The molecule has 0 aliphatic heterocycles. The smallest absolute Gasteiger partial charge is 0.408 e. The topological polar surface area (TPSA) is 64.6 Å². The van der Waals surface area contributed by atoms with Crippen LogP contribution in [-0.2, 0) is 14.3 Å². The van der Waals surface area contributed by atoms with Gasteiger partial charge < -0.3 is 14.8 Å². The highest BCUT2D eigenvalue weighted by Crippen LogP contribution is 2.17. The molecule has 19 heavy (non-hydrogen) atoms. The van der Waals surface area contributed by atoms with E-state index in [2.05, 4.69) is 19.2 Å². The molecule has 0 aromatic carbocycles. The molecule has 5 heteroatoms. The van der Waals surface area contributed by atoms with E-state index in [1.165, 1.54) is 7.11 Å². The second kappa shape index (κ2) is 7.36. The number of hydrogen-bond donors (Lipinski definition) is 1. The van der Waals surface area contributed by atoms with Gasteiger partial charge >= 0.3 is 12.1 Å². The minimum atomic E-state index is -0.669. The van der Waals surface area contributed by atoms with Crippen LogP contribution in [0.15, 0.2) is 0 Å². The van der Waals surface area contributed by atoms with E-state index in [1.54, 1.807) is 20.8 Å². The Kier molecular flexibility index (Phi) is 6.87. The van der Waals surface area contributed by atoms with Crippen LogP contribution in [0.5, 0.6) is 0 Å². The zero-order valence-corrected chi connectivity index (χ0v) is 13.1. The van der Waals surface area contributed by atoms with Crippen LogP contribution in [0.4, 0.5) is 4.79 Å². The van der Waals surface area contributed by atoms with Gasteiger partial charge in [0.1, 0.15) is 11.6 Å². The summed E-state index contributed by atoms with van der Waals surface area (Å²) in [6, 6.07) is -0.669. The summed E-state index contributed by atoms with van der Waals surface area (Å²) < 4.78 is 9.86. The first kappa shape index (κ1) is 17.7. The molecule has 0 fully saturated rings. The average Bonchev–Trinajstić information content (AvgIpc) is 2.24. The van der Waals surface area contributed by atoms with Crippen LogP contribution in [0.2, 0.25) is 0 Å². The lowest BCUT2D eigenvalue weighted by Crippen LogP contribution is -2.45. The van der Waals surface area contributed by atoms with Crippen LogP contribution in [-0.4, -0.2) is 30.8 Å². The molecule has 112 valence electrons. The number of carbonyl (C=O) groups excluding carboxylic acids is 2. The molecule has 5 nitrogen and oxygen atoms in total. The van der Waals surface area contributed by atoms with Gasteiger partial charge in [0.25, 0.3) is 0 Å². The monoisotopic (exact) mass is 273 g/mol. The van der Waals surface area contributed by atoms with Crippen molar-refractivity contribution >= 4 is 12.1 Å². The molecule has 1 N–H and O–H groups in total. The number of carbonyl (C=O) groups is 2. The van der Waals surface area contributed by atoms with Crippen molar-refractivity contribution in [1.82, 2.24) is 5.32 Å². The number of rotatable bonds is 5. The summed E-state index contributed by atoms with van der Waals surface area (Å²) in [6.07, 6.45) is -0.0669. The minimum absolute atomic E-state index is 0.291. The molecular weight excluding hydrogens is 246 g/mol. The van der Waals surface area contributed by atoms with Crippen LogP contribution in [0.3, 0.4) is 0 Å². The fourth-order valence-corrected chi connectivity index (χ4v) is 1.45. The molecule has 0 aromatic heterocycles. The molecule has 1 amide bonds. The van der Waals surface area contributed by atoms with E-state index < -0.39 is 23.7 Å². The summed E-state index contributed by atoms with van der Waals surface area (Å²) >= 11 is 0. The maximum atomic E-state index is 11.7. The van der Waals surface area contributed by atoms with E-state index in [0.29, 0.717) is 18.3 Å². The quantitative estimate of drug-likeness (QED) is 0.782. The van der Waals surface area contributed by atoms with Gasteiger partial charge in [-0.2, -0.15) is 0 Å². The number of hydrogen-bond acceptors (Lipinski definition) is 4. The van der Waals surface area contributed by atoms with Gasteiger partial charge in [0.05, 0.1) is 7.11 Å². The molecule has 0 aromatic rings. The second-order valence-electron chi connectivity index (χ2n) is 6.18. The number of amides is 1. The van der Waals surface area contributed by atoms with Crippen molar-refractivity contribution in [3.8, 4) is 0 Å². The average molecular weight is 273 g/mol. The van der Waals surface area contributed by atoms with Crippen LogP contribution in [0.25, 0.3) is 0 Å². The Morgan fingerprint density at radius 1 is 1.16 bits per heavy atom. The molecule has 0 heterocycles. The molecule has 0 saturated heterocycles. The Balaban J connectivity index is 4.61. The molecule has 2 atom stereocenters. The first-order valence-electron chi connectivity index (χ1n) is 6.64. The molecule has 0 bridgehead atoms. The zero-order valence-electron chi connectivity index (χ0n) is 13.1. The maximum Gasteiger partial charge on any atom is 0.408 e. The summed E-state index contributed by atoms with van der Waals surface area (Å²) in [7, 11) is 1.31. The molecule has 0 aliphatic carbocycles. The Morgan fingerprint density at radius 2 is 1.68 bits per heavy atom. The predicted octanol–water partition coefficient (Wildman–Crippen LogP) is 2.73. The SMILES string of the molecule is COC(=O)[C@H](C[C@H](C)C(C)C)NC(=O)OC(C)(C)C. The molecule has 0 spiro atoms. The largest absolute Gasteiger partial charge is 0.467 e. The zero-order chi connectivity index (χ0) is 15.2. The van der Waals surface area contributed by atoms with Crippen molar-refractivity contribution in [3.63, 3.8) is 0 Å². The normalized spacial score (nSPS) is 14.7. The first-order chi connectivity index (χ1) is 8.56. The highest BCUT2D eigenvalue weighted by atomic mass is 16.6. The third kappa shape index (κ3) is 7.70. The van der Waals surface area contributed by atoms with Gasteiger partial charge in [0.2, 0.25) is 0 Å². The Labute approximate surface area is 116 Å². The van der Waals surface area contributed by atoms with E-state index >= 15 is 0 Å². The molecular formula is C14H27NO4. The standard InChI is InChI=1S/C14H27NO4/c1-9(2)10(3)8-11(12(16)18-7)15-13(17)19-14(4,5)6/h9-11H,8H2,1-7H3,(H,15,17)/t10-,11-/m0/s1. The summed E-state index contributed by atoms with van der Waals surface area (Å²) in [5.74, 6) is 0.269. The summed E-state index contributed by atoms with van der Waals surface area (Å²) in [6.45, 7) is 11.5. The lowest BCUT2D eigenvalue weighted by Gasteiger charge is -2.25. The number of esters is 1. The fourth-order valence-electron chi connectivity index (χ4n) is 1.45. The summed E-state index contributed by atoms with van der Waals surface area (Å²) in [4.78, 5) is 23.4. The molecule has 0 radical (unpaired) electrons. The van der Waals surface area contributed by atoms with Crippen molar-refractivity contribution in [1.29, 1.82) is 0 Å². The number of nitrogens with one attached hydrogen (secondary N) is 1. The van der Waals surface area contributed by atoms with Crippen LogP contribution >= 0.6 is 0 Å². The fraction of sp³-hybridized carbons (Fsp3) is 0.857. The van der Waals surface area contributed by atoms with Crippen molar-refractivity contribution in [2.24, 2.45) is 11.8 Å². The van der Waals surface area contributed by atoms with E-state index in [4.69, 9.17) is 9.47 Å². The maximum absolute atomic E-state index is 11.7. The van der Waals surface area contributed by atoms with Gasteiger partial charge in [0, 0.05) is 0 Å². The molecule has 0 rings (SSSR count). The first-order valence-corrected chi connectivity index (χ1v) is 6.64. The predicted molar refractivity (Wildman–Crippen MR) is 73.8 cm³/mol. The Hall–Kier alpha value is -1.26. The summed E-state index contributed by atoms with van der Waals surface area (Å²) in [5.41, 5.74) is -0.589. The van der Waals surface area contributed by atoms with Crippen molar-refractivity contribution < 1.29 is 19.1 Å². The number of methoxy groups -OCH3 is 1. The highest BCUT2D eigenvalue weighted by Gasteiger charge is 2.27. The van der Waals surface area contributed by atoms with Gasteiger partial charge in [-0.25, -0.2) is 9.59 Å². The minimum Gasteiger partial charge on any atom is -0.467 e. The summed E-state index contributed by atoms with van der Waals surface area (Å²) in [5, 5.41) is 2.57. The molecule has 0 saturated carbocycles. The van der Waals surface area contributed by atoms with Gasteiger partial charge in [-0.15, -0.1) is 0 Å². The van der Waals surface area contributed by atoms with E-state index in [1.807, 2.05) is 6.92 Å². The van der Waals surface area contributed by atoms with Gasteiger partial charge in [-0.1, -0.05) is 20.8 Å². The van der Waals surface area contributed by atoms with Gasteiger partial charge in [0.15, 0.2) is 0 Å². The Bertz CT molecular complexity index is 307. The lowest BCUT2D eigenvalue weighted by atomic mass is 9.91. The van der Waals surface area contributed by atoms with Crippen LogP contribution < -0.4 is 5.32 Å². The third-order valence-electron chi connectivity index (χ3n) is 2.92. The van der Waals surface area contributed by atoms with Gasteiger partial charge in [-0.3, -0.25) is 0 Å². The lowest BCUT2D eigenvalue weighted by molar-refractivity contribution is -0.143. The van der Waals surface area contributed by atoms with E-state index in [0.717, 1.165) is 0 Å². The second-order valence-corrected chi connectivity index (χ2v) is 6.18. The molecule has 0 aliphatic rings. The van der Waals surface area contributed by atoms with E-state index in [-0.39, 0.29) is 0 Å². The van der Waals surface area contributed by atoms with Gasteiger partial charge in [-0.05, 0) is 39.0 Å². The van der Waals surface area contributed by atoms with Crippen molar-refractivity contribution in [3.05, 3.63) is 0 Å². The number of ether oxygens (including phenoxy) is 2. The molecule has 0 unspecified atom stereocenters. The van der Waals surface area contributed by atoms with Crippen molar-refractivity contribution in [2.45, 2.75) is 59.6 Å². The van der Waals surface area contributed by atoms with Crippen LogP contribution in [0, 0.1) is 11.8 Å². The Morgan fingerprint density at radius 3 is 2.05 bits per heavy atom.